The van der Waals surface area contributed by atoms with Crippen molar-refractivity contribution in [2.75, 3.05) is 5.32 Å². The fraction of sp³-hybridized carbons (Fsp3) is 0.294. The molecule has 0 saturated heterocycles. The van der Waals surface area contributed by atoms with Crippen LogP contribution in [0.4, 0.5) is 5.69 Å². The second-order valence-electron chi connectivity index (χ2n) is 5.16. The van der Waals surface area contributed by atoms with Gasteiger partial charge in [0.05, 0.1) is 12.1 Å². The maximum Gasteiger partial charge on any atom is 0.0741 e. The number of hydrogen-bond acceptors (Lipinski definition) is 2. The molecule has 98 valence electrons. The molecule has 2 heteroatoms. The van der Waals surface area contributed by atoms with Crippen molar-refractivity contribution < 1.29 is 5.11 Å². The number of hydrogen-bond donors (Lipinski definition) is 2. The minimum absolute atomic E-state index is 0.185. The minimum atomic E-state index is -0.219. The lowest BCUT2D eigenvalue weighted by molar-refractivity contribution is 0.172. The predicted octanol–water partition coefficient (Wildman–Crippen LogP) is 3.68. The van der Waals surface area contributed by atoms with Crippen molar-refractivity contribution in [1.29, 1.82) is 0 Å². The monoisotopic (exact) mass is 253 g/mol. The van der Waals surface area contributed by atoms with E-state index in [1.807, 2.05) is 12.1 Å². The van der Waals surface area contributed by atoms with Crippen LogP contribution >= 0.6 is 0 Å². The summed E-state index contributed by atoms with van der Waals surface area (Å²) < 4.78 is 0. The number of aliphatic hydroxyl groups is 1. The number of anilines is 1. The van der Waals surface area contributed by atoms with E-state index in [0.717, 1.165) is 24.9 Å². The number of rotatable bonds is 3. The fourth-order valence-corrected chi connectivity index (χ4v) is 2.79. The Balaban J connectivity index is 1.89. The predicted molar refractivity (Wildman–Crippen MR) is 79.1 cm³/mol. The zero-order valence-electron chi connectivity index (χ0n) is 10.9. The van der Waals surface area contributed by atoms with Crippen molar-refractivity contribution in [2.24, 2.45) is 0 Å². The molecule has 0 spiro atoms. The molecule has 3 rings (SSSR count). The minimum Gasteiger partial charge on any atom is -0.391 e. The van der Waals surface area contributed by atoms with Crippen molar-refractivity contribution in [2.45, 2.75) is 31.4 Å². The van der Waals surface area contributed by atoms with Gasteiger partial charge < -0.3 is 10.4 Å². The zero-order valence-corrected chi connectivity index (χ0v) is 10.9. The van der Waals surface area contributed by atoms with Crippen molar-refractivity contribution in [1.82, 2.24) is 0 Å². The average Bonchev–Trinajstić information content (AvgIpc) is 2.86. The van der Waals surface area contributed by atoms with E-state index < -0.39 is 0 Å². The highest BCUT2D eigenvalue weighted by atomic mass is 16.3. The Labute approximate surface area is 114 Å². The highest BCUT2D eigenvalue weighted by molar-refractivity contribution is 5.77. The van der Waals surface area contributed by atoms with Crippen molar-refractivity contribution in [3.8, 4) is 11.1 Å². The lowest BCUT2D eigenvalue weighted by Crippen LogP contribution is -2.28. The molecule has 0 aliphatic heterocycles. The summed E-state index contributed by atoms with van der Waals surface area (Å²) in [5, 5.41) is 13.5. The maximum absolute atomic E-state index is 9.95. The van der Waals surface area contributed by atoms with Gasteiger partial charge in [-0.1, -0.05) is 48.5 Å². The van der Waals surface area contributed by atoms with Gasteiger partial charge in [-0.05, 0) is 30.9 Å². The van der Waals surface area contributed by atoms with Gasteiger partial charge in [-0.25, -0.2) is 0 Å². The summed E-state index contributed by atoms with van der Waals surface area (Å²) >= 11 is 0. The van der Waals surface area contributed by atoms with Gasteiger partial charge in [0.1, 0.15) is 0 Å². The summed E-state index contributed by atoms with van der Waals surface area (Å²) in [4.78, 5) is 0. The molecule has 0 heterocycles. The Bertz CT molecular complexity index is 538. The van der Waals surface area contributed by atoms with Crippen LogP contribution in [0.1, 0.15) is 19.3 Å². The molecule has 2 atom stereocenters. The van der Waals surface area contributed by atoms with Crippen LogP contribution in [0.3, 0.4) is 0 Å². The third-order valence-corrected chi connectivity index (χ3v) is 3.83. The van der Waals surface area contributed by atoms with Crippen molar-refractivity contribution in [3.05, 3.63) is 54.6 Å². The Morgan fingerprint density at radius 3 is 2.37 bits per heavy atom. The first-order valence-electron chi connectivity index (χ1n) is 6.93. The van der Waals surface area contributed by atoms with Crippen LogP contribution in [0.2, 0.25) is 0 Å². The second-order valence-corrected chi connectivity index (χ2v) is 5.16. The van der Waals surface area contributed by atoms with Gasteiger partial charge >= 0.3 is 0 Å². The Hall–Kier alpha value is -1.80. The van der Waals surface area contributed by atoms with Crippen LogP contribution < -0.4 is 5.32 Å². The molecule has 1 saturated carbocycles. The number of benzene rings is 2. The SMILES string of the molecule is O[C@@H]1CCC[C@H]1Nc1ccccc1-c1ccccc1. The summed E-state index contributed by atoms with van der Waals surface area (Å²) in [5.74, 6) is 0. The molecule has 1 fully saturated rings. The molecule has 0 bridgehead atoms. The summed E-state index contributed by atoms with van der Waals surface area (Å²) in [6.45, 7) is 0. The second kappa shape index (κ2) is 5.45. The quantitative estimate of drug-likeness (QED) is 0.874. The normalized spacial score (nSPS) is 22.4. The molecule has 2 N–H and O–H groups in total. The average molecular weight is 253 g/mol. The summed E-state index contributed by atoms with van der Waals surface area (Å²) in [6.07, 6.45) is 2.84. The smallest absolute Gasteiger partial charge is 0.0741 e. The first kappa shape index (κ1) is 12.2. The van der Waals surface area contributed by atoms with Crippen LogP contribution in [-0.4, -0.2) is 17.3 Å². The largest absolute Gasteiger partial charge is 0.391 e. The van der Waals surface area contributed by atoms with E-state index >= 15 is 0 Å². The number of para-hydroxylation sites is 1. The summed E-state index contributed by atoms with van der Waals surface area (Å²) in [7, 11) is 0. The first-order valence-corrected chi connectivity index (χ1v) is 6.93. The highest BCUT2D eigenvalue weighted by Gasteiger charge is 2.25. The molecule has 1 aliphatic carbocycles. The Kier molecular flexibility index (Phi) is 3.51. The standard InChI is InChI=1S/C17H19NO/c19-17-12-6-11-16(17)18-15-10-5-4-9-14(15)13-7-2-1-3-8-13/h1-5,7-10,16-19H,6,11-12H2/t16-,17-/m1/s1. The van der Waals surface area contributed by atoms with Crippen LogP contribution in [0.25, 0.3) is 11.1 Å². The molecule has 0 aromatic heterocycles. The van der Waals surface area contributed by atoms with E-state index in [-0.39, 0.29) is 12.1 Å². The maximum atomic E-state index is 9.95. The molecule has 0 amide bonds. The van der Waals surface area contributed by atoms with Gasteiger partial charge in [0, 0.05) is 11.3 Å². The Morgan fingerprint density at radius 2 is 1.63 bits per heavy atom. The van der Waals surface area contributed by atoms with Gasteiger partial charge in [-0.15, -0.1) is 0 Å². The highest BCUT2D eigenvalue weighted by Crippen LogP contribution is 2.30. The van der Waals surface area contributed by atoms with E-state index in [9.17, 15) is 5.11 Å². The third-order valence-electron chi connectivity index (χ3n) is 3.83. The van der Waals surface area contributed by atoms with Gasteiger partial charge in [-0.2, -0.15) is 0 Å². The molecule has 2 aromatic carbocycles. The van der Waals surface area contributed by atoms with E-state index in [1.165, 1.54) is 11.1 Å². The fourth-order valence-electron chi connectivity index (χ4n) is 2.79. The van der Waals surface area contributed by atoms with E-state index in [2.05, 4.69) is 47.8 Å². The summed E-state index contributed by atoms with van der Waals surface area (Å²) in [5.41, 5.74) is 3.51. The first-order chi connectivity index (χ1) is 9.34. The third kappa shape index (κ3) is 2.64. The van der Waals surface area contributed by atoms with Crippen LogP contribution in [0.15, 0.2) is 54.6 Å². The van der Waals surface area contributed by atoms with E-state index in [4.69, 9.17) is 0 Å². The topological polar surface area (TPSA) is 32.3 Å². The molecule has 2 aromatic rings. The zero-order chi connectivity index (χ0) is 13.1. The van der Waals surface area contributed by atoms with E-state index in [0.29, 0.717) is 0 Å². The number of aliphatic hydroxyl groups excluding tert-OH is 1. The molecule has 0 radical (unpaired) electrons. The lowest BCUT2D eigenvalue weighted by Gasteiger charge is -2.20. The van der Waals surface area contributed by atoms with Crippen molar-refractivity contribution >= 4 is 5.69 Å². The molecular weight excluding hydrogens is 234 g/mol. The van der Waals surface area contributed by atoms with Gasteiger partial charge in [0.2, 0.25) is 0 Å². The van der Waals surface area contributed by atoms with Crippen LogP contribution in [0.5, 0.6) is 0 Å². The lowest BCUT2D eigenvalue weighted by atomic mass is 10.0. The molecular formula is C17H19NO. The van der Waals surface area contributed by atoms with E-state index in [1.54, 1.807) is 0 Å². The van der Waals surface area contributed by atoms with Crippen molar-refractivity contribution in [3.63, 3.8) is 0 Å². The number of nitrogens with one attached hydrogen (secondary N) is 1. The molecule has 2 nitrogen and oxygen atoms in total. The molecule has 0 unspecified atom stereocenters. The van der Waals surface area contributed by atoms with Crippen LogP contribution in [0, 0.1) is 0 Å². The van der Waals surface area contributed by atoms with Gasteiger partial charge in [-0.3, -0.25) is 0 Å². The molecule has 19 heavy (non-hydrogen) atoms. The van der Waals surface area contributed by atoms with Gasteiger partial charge in [0.25, 0.3) is 0 Å². The summed E-state index contributed by atoms with van der Waals surface area (Å²) in [6, 6.07) is 18.9. The van der Waals surface area contributed by atoms with Gasteiger partial charge in [0.15, 0.2) is 0 Å². The molecule has 1 aliphatic rings. The van der Waals surface area contributed by atoms with Crippen LogP contribution in [-0.2, 0) is 0 Å². The Morgan fingerprint density at radius 1 is 0.895 bits per heavy atom.